The van der Waals surface area contributed by atoms with Gasteiger partial charge in [-0.05, 0) is 39.3 Å². The minimum atomic E-state index is 0.864. The van der Waals surface area contributed by atoms with Crippen molar-refractivity contribution >= 4 is 5.82 Å². The van der Waals surface area contributed by atoms with E-state index in [4.69, 9.17) is 4.98 Å². The Morgan fingerprint density at radius 2 is 1.62 bits per heavy atom. The van der Waals surface area contributed by atoms with Gasteiger partial charge in [0.1, 0.15) is 11.6 Å². The number of aryl methyl sites for hydroxylation is 4. The topological polar surface area (TPSA) is 37.2 Å². The third-order valence-corrected chi connectivity index (χ3v) is 5.07. The molecule has 1 aliphatic rings. The van der Waals surface area contributed by atoms with Crippen LogP contribution in [0.15, 0.2) is 18.3 Å². The number of rotatable bonds is 5. The van der Waals surface area contributed by atoms with Crippen molar-refractivity contribution in [2.75, 3.05) is 37.6 Å². The lowest BCUT2D eigenvalue weighted by Gasteiger charge is -2.36. The zero-order valence-corrected chi connectivity index (χ0v) is 15.4. The lowest BCUT2D eigenvalue weighted by Crippen LogP contribution is -2.47. The Hall–Kier alpha value is -1.88. The van der Waals surface area contributed by atoms with Gasteiger partial charge < -0.3 is 9.47 Å². The zero-order chi connectivity index (χ0) is 17.1. The summed E-state index contributed by atoms with van der Waals surface area (Å²) in [4.78, 5) is 14.0. The normalized spacial score (nSPS) is 15.9. The minimum absolute atomic E-state index is 0.864. The molecule has 3 heterocycles. The molecule has 3 rings (SSSR count). The van der Waals surface area contributed by atoms with Gasteiger partial charge in [-0.1, -0.05) is 6.92 Å². The highest BCUT2D eigenvalue weighted by molar-refractivity contribution is 5.46. The van der Waals surface area contributed by atoms with Gasteiger partial charge in [-0.3, -0.25) is 4.90 Å². The number of hydrogen-bond donors (Lipinski definition) is 0. The van der Waals surface area contributed by atoms with E-state index in [2.05, 4.69) is 52.3 Å². The highest BCUT2D eigenvalue weighted by atomic mass is 15.3. The average molecular weight is 327 g/mol. The van der Waals surface area contributed by atoms with E-state index in [9.17, 15) is 0 Å². The average Bonchev–Trinajstić information content (AvgIpc) is 2.92. The van der Waals surface area contributed by atoms with Crippen molar-refractivity contribution < 1.29 is 0 Å². The van der Waals surface area contributed by atoms with E-state index < -0.39 is 0 Å². The van der Waals surface area contributed by atoms with Gasteiger partial charge in [0.15, 0.2) is 0 Å². The van der Waals surface area contributed by atoms with Gasteiger partial charge in [-0.15, -0.1) is 0 Å². The van der Waals surface area contributed by atoms with Crippen LogP contribution in [0.4, 0.5) is 5.82 Å². The summed E-state index contributed by atoms with van der Waals surface area (Å²) in [6, 6.07) is 4.41. The molecule has 0 bridgehead atoms. The molecule has 24 heavy (non-hydrogen) atoms. The van der Waals surface area contributed by atoms with Crippen LogP contribution in [0.2, 0.25) is 0 Å². The second kappa shape index (κ2) is 7.34. The first kappa shape index (κ1) is 17.0. The van der Waals surface area contributed by atoms with Crippen molar-refractivity contribution in [3.63, 3.8) is 0 Å². The molecule has 1 saturated heterocycles. The molecule has 5 nitrogen and oxygen atoms in total. The quantitative estimate of drug-likeness (QED) is 0.846. The van der Waals surface area contributed by atoms with E-state index in [1.54, 1.807) is 0 Å². The Morgan fingerprint density at radius 1 is 0.958 bits per heavy atom. The van der Waals surface area contributed by atoms with Crippen molar-refractivity contribution in [2.45, 2.75) is 40.7 Å². The predicted octanol–water partition coefficient (Wildman–Crippen LogP) is 2.59. The molecule has 2 aromatic rings. The molecule has 130 valence electrons. The second-order valence-corrected chi connectivity index (χ2v) is 6.72. The van der Waals surface area contributed by atoms with Gasteiger partial charge in [0.2, 0.25) is 0 Å². The number of nitrogens with zero attached hydrogens (tertiary/aromatic N) is 5. The molecule has 0 atom stereocenters. The Morgan fingerprint density at radius 3 is 2.25 bits per heavy atom. The summed E-state index contributed by atoms with van der Waals surface area (Å²) >= 11 is 0. The molecule has 5 heteroatoms. The maximum Gasteiger partial charge on any atom is 0.135 e. The number of piperazine rings is 1. The van der Waals surface area contributed by atoms with E-state index in [0.29, 0.717) is 0 Å². The van der Waals surface area contributed by atoms with Crippen molar-refractivity contribution in [3.8, 4) is 0 Å². The zero-order valence-electron chi connectivity index (χ0n) is 15.4. The Balaban J connectivity index is 1.57. The van der Waals surface area contributed by atoms with Crippen molar-refractivity contribution in [1.29, 1.82) is 0 Å². The number of aromatic nitrogens is 3. The van der Waals surface area contributed by atoms with Gasteiger partial charge in [-0.25, -0.2) is 9.97 Å². The summed E-state index contributed by atoms with van der Waals surface area (Å²) in [6.45, 7) is 15.0. The van der Waals surface area contributed by atoms with E-state index in [-0.39, 0.29) is 0 Å². The molecule has 0 radical (unpaired) electrons. The van der Waals surface area contributed by atoms with Crippen LogP contribution < -0.4 is 4.90 Å². The maximum absolute atomic E-state index is 4.69. The van der Waals surface area contributed by atoms with Gasteiger partial charge in [-0.2, -0.15) is 0 Å². The van der Waals surface area contributed by atoms with Crippen LogP contribution in [0.5, 0.6) is 0 Å². The fraction of sp³-hybridized carbons (Fsp3) is 0.579. The fourth-order valence-electron chi connectivity index (χ4n) is 3.48. The Kier molecular flexibility index (Phi) is 5.19. The highest BCUT2D eigenvalue weighted by Gasteiger charge is 2.20. The van der Waals surface area contributed by atoms with Crippen LogP contribution in [-0.4, -0.2) is 52.2 Å². The van der Waals surface area contributed by atoms with Crippen LogP contribution in [0, 0.1) is 20.8 Å². The van der Waals surface area contributed by atoms with Crippen molar-refractivity contribution in [3.05, 3.63) is 41.1 Å². The summed E-state index contributed by atoms with van der Waals surface area (Å²) in [5.41, 5.74) is 3.97. The standard InChI is InChI=1S/C19H29N5/c1-5-18-14-20-17(4)21-19(18)23-11-8-22(9-12-23)10-13-24-15(2)6-7-16(24)3/h6-7,14H,5,8-13H2,1-4H3. The van der Waals surface area contributed by atoms with Crippen LogP contribution >= 0.6 is 0 Å². The second-order valence-electron chi connectivity index (χ2n) is 6.72. The summed E-state index contributed by atoms with van der Waals surface area (Å²) in [5.74, 6) is 2.00. The molecule has 0 aliphatic carbocycles. The highest BCUT2D eigenvalue weighted by Crippen LogP contribution is 2.19. The summed E-state index contributed by atoms with van der Waals surface area (Å²) in [6.07, 6.45) is 2.98. The van der Waals surface area contributed by atoms with Crippen LogP contribution in [0.1, 0.15) is 29.7 Å². The fourth-order valence-corrected chi connectivity index (χ4v) is 3.48. The lowest BCUT2D eigenvalue weighted by molar-refractivity contribution is 0.246. The van der Waals surface area contributed by atoms with Gasteiger partial charge in [0, 0.05) is 62.4 Å². The van der Waals surface area contributed by atoms with Crippen LogP contribution in [0.25, 0.3) is 0 Å². The summed E-state index contributed by atoms with van der Waals surface area (Å²) in [7, 11) is 0. The molecule has 0 saturated carbocycles. The molecular formula is C19H29N5. The number of anilines is 1. The van der Waals surface area contributed by atoms with Crippen molar-refractivity contribution in [2.24, 2.45) is 0 Å². The lowest BCUT2D eigenvalue weighted by atomic mass is 10.2. The van der Waals surface area contributed by atoms with Gasteiger partial charge >= 0.3 is 0 Å². The van der Waals surface area contributed by atoms with Crippen molar-refractivity contribution in [1.82, 2.24) is 19.4 Å². The predicted molar refractivity (Wildman–Crippen MR) is 98.7 cm³/mol. The Bertz CT molecular complexity index is 664. The molecule has 2 aromatic heterocycles. The summed E-state index contributed by atoms with van der Waals surface area (Å²) in [5, 5.41) is 0. The monoisotopic (exact) mass is 327 g/mol. The molecular weight excluding hydrogens is 298 g/mol. The molecule has 0 spiro atoms. The third-order valence-electron chi connectivity index (χ3n) is 5.07. The van der Waals surface area contributed by atoms with E-state index in [1.165, 1.54) is 17.0 Å². The van der Waals surface area contributed by atoms with Crippen LogP contribution in [0.3, 0.4) is 0 Å². The molecule has 0 unspecified atom stereocenters. The van der Waals surface area contributed by atoms with Gasteiger partial charge in [0.25, 0.3) is 0 Å². The molecule has 0 amide bonds. The largest absolute Gasteiger partial charge is 0.354 e. The summed E-state index contributed by atoms with van der Waals surface area (Å²) < 4.78 is 2.41. The molecule has 1 aliphatic heterocycles. The number of hydrogen-bond acceptors (Lipinski definition) is 4. The van der Waals surface area contributed by atoms with E-state index in [0.717, 1.165) is 57.3 Å². The first-order chi connectivity index (χ1) is 11.6. The first-order valence-electron chi connectivity index (χ1n) is 9.01. The SMILES string of the molecule is CCc1cnc(C)nc1N1CCN(CCn2c(C)ccc2C)CC1. The van der Waals surface area contributed by atoms with Crippen LogP contribution in [-0.2, 0) is 13.0 Å². The molecule has 0 N–H and O–H groups in total. The minimum Gasteiger partial charge on any atom is -0.354 e. The van der Waals surface area contributed by atoms with E-state index in [1.807, 2.05) is 13.1 Å². The third kappa shape index (κ3) is 3.61. The molecule has 0 aromatic carbocycles. The van der Waals surface area contributed by atoms with Gasteiger partial charge in [0.05, 0.1) is 0 Å². The first-order valence-corrected chi connectivity index (χ1v) is 9.01. The smallest absolute Gasteiger partial charge is 0.135 e. The Labute approximate surface area is 145 Å². The molecule has 1 fully saturated rings. The maximum atomic E-state index is 4.69. The van der Waals surface area contributed by atoms with E-state index >= 15 is 0 Å².